The fourth-order valence-electron chi connectivity index (χ4n) is 2.56. The fourth-order valence-corrected chi connectivity index (χ4v) is 3.42. The molecule has 1 aliphatic heterocycles. The van der Waals surface area contributed by atoms with Crippen molar-refractivity contribution in [3.8, 4) is 0 Å². The van der Waals surface area contributed by atoms with E-state index in [0.717, 1.165) is 32.0 Å². The van der Waals surface area contributed by atoms with E-state index >= 15 is 0 Å². The molecule has 0 spiro atoms. The van der Waals surface area contributed by atoms with E-state index in [1.807, 2.05) is 7.05 Å². The summed E-state index contributed by atoms with van der Waals surface area (Å²) in [4.78, 5) is 2.41. The minimum absolute atomic E-state index is 0.273. The van der Waals surface area contributed by atoms with Crippen molar-refractivity contribution in [2.45, 2.75) is 39.2 Å². The van der Waals surface area contributed by atoms with Crippen molar-refractivity contribution in [1.29, 1.82) is 0 Å². The minimum atomic E-state index is -2.79. The van der Waals surface area contributed by atoms with E-state index in [2.05, 4.69) is 17.1 Å². The van der Waals surface area contributed by atoms with Crippen LogP contribution in [-0.2, 0) is 9.84 Å². The Hall–Kier alpha value is -0.130. The van der Waals surface area contributed by atoms with Gasteiger partial charge in [0.2, 0.25) is 0 Å². The lowest BCUT2D eigenvalue weighted by atomic mass is 9.90. The zero-order valence-corrected chi connectivity index (χ0v) is 12.8. The van der Waals surface area contributed by atoms with Gasteiger partial charge in [0, 0.05) is 11.8 Å². The Kier molecular flexibility index (Phi) is 6.60. The van der Waals surface area contributed by atoms with Crippen LogP contribution in [0.1, 0.15) is 33.1 Å². The van der Waals surface area contributed by atoms with Crippen LogP contribution in [0, 0.1) is 5.92 Å². The highest BCUT2D eigenvalue weighted by Crippen LogP contribution is 2.20. The average molecular weight is 276 g/mol. The quantitative estimate of drug-likeness (QED) is 0.757. The van der Waals surface area contributed by atoms with Gasteiger partial charge < -0.3 is 10.2 Å². The molecule has 0 aromatic heterocycles. The molecule has 1 aliphatic rings. The maximum Gasteiger partial charge on any atom is 0.150 e. The smallest absolute Gasteiger partial charge is 0.150 e. The van der Waals surface area contributed by atoms with Gasteiger partial charge >= 0.3 is 0 Å². The summed E-state index contributed by atoms with van der Waals surface area (Å²) >= 11 is 0. The van der Waals surface area contributed by atoms with Crippen molar-refractivity contribution in [3.05, 3.63) is 0 Å². The van der Waals surface area contributed by atoms with Crippen LogP contribution in [0.3, 0.4) is 0 Å². The summed E-state index contributed by atoms with van der Waals surface area (Å²) in [5, 5.41) is 3.32. The van der Waals surface area contributed by atoms with Crippen LogP contribution in [0.4, 0.5) is 0 Å². The molecule has 0 aliphatic carbocycles. The van der Waals surface area contributed by atoms with Gasteiger partial charge in [-0.2, -0.15) is 0 Å². The van der Waals surface area contributed by atoms with E-state index in [9.17, 15) is 8.42 Å². The number of nitrogens with one attached hydrogen (secondary N) is 1. The van der Waals surface area contributed by atoms with E-state index in [1.165, 1.54) is 12.8 Å². The summed E-state index contributed by atoms with van der Waals surface area (Å²) in [5.74, 6) is 1.39. The first kappa shape index (κ1) is 15.9. The van der Waals surface area contributed by atoms with Crippen molar-refractivity contribution in [3.63, 3.8) is 0 Å². The van der Waals surface area contributed by atoms with Gasteiger partial charge in [0.25, 0.3) is 0 Å². The molecule has 1 saturated heterocycles. The average Bonchev–Trinajstić information content (AvgIpc) is 2.38. The van der Waals surface area contributed by atoms with Crippen LogP contribution in [0.5, 0.6) is 0 Å². The Morgan fingerprint density at radius 1 is 1.33 bits per heavy atom. The summed E-state index contributed by atoms with van der Waals surface area (Å²) in [6, 6.07) is 0.590. The van der Waals surface area contributed by atoms with Crippen molar-refractivity contribution in [1.82, 2.24) is 10.2 Å². The molecule has 0 amide bonds. The van der Waals surface area contributed by atoms with Crippen LogP contribution in [0.2, 0.25) is 0 Å². The molecule has 4 nitrogen and oxygen atoms in total. The topological polar surface area (TPSA) is 49.4 Å². The van der Waals surface area contributed by atoms with Gasteiger partial charge in [0.05, 0.1) is 5.75 Å². The van der Waals surface area contributed by atoms with E-state index < -0.39 is 9.84 Å². The zero-order valence-electron chi connectivity index (χ0n) is 12.0. The third kappa shape index (κ3) is 5.24. The molecule has 5 heteroatoms. The highest BCUT2D eigenvalue weighted by molar-refractivity contribution is 7.91. The number of sulfone groups is 1. The Balaban J connectivity index is 2.20. The standard InChI is InChI=1S/C13H28N2O2S/c1-4-18(16,17)11-5-8-15-9-6-13(7-10-15)12(2)14-3/h12-14H,4-11H2,1-3H3. The second kappa shape index (κ2) is 7.46. The fraction of sp³-hybridized carbons (Fsp3) is 1.00. The van der Waals surface area contributed by atoms with Crippen LogP contribution < -0.4 is 5.32 Å². The lowest BCUT2D eigenvalue weighted by molar-refractivity contribution is 0.165. The van der Waals surface area contributed by atoms with Gasteiger partial charge in [0.15, 0.2) is 0 Å². The lowest BCUT2D eigenvalue weighted by Gasteiger charge is -2.34. The maximum atomic E-state index is 11.4. The van der Waals surface area contributed by atoms with Crippen LogP contribution >= 0.6 is 0 Å². The van der Waals surface area contributed by atoms with Crippen LogP contribution in [0.25, 0.3) is 0 Å². The number of hydrogen-bond acceptors (Lipinski definition) is 4. The first-order valence-corrected chi connectivity index (χ1v) is 8.90. The Morgan fingerprint density at radius 2 is 1.94 bits per heavy atom. The summed E-state index contributed by atoms with van der Waals surface area (Å²) in [5.41, 5.74) is 0. The van der Waals surface area contributed by atoms with E-state index in [4.69, 9.17) is 0 Å². The Bertz CT molecular complexity index is 322. The molecule has 0 radical (unpaired) electrons. The maximum absolute atomic E-state index is 11.4. The summed E-state index contributed by atoms with van der Waals surface area (Å²) in [6.45, 7) is 7.12. The minimum Gasteiger partial charge on any atom is -0.317 e. The molecule has 0 bridgehead atoms. The van der Waals surface area contributed by atoms with Crippen LogP contribution in [0.15, 0.2) is 0 Å². The molecule has 1 unspecified atom stereocenters. The monoisotopic (exact) mass is 276 g/mol. The molecule has 108 valence electrons. The predicted molar refractivity (Wildman–Crippen MR) is 76.6 cm³/mol. The van der Waals surface area contributed by atoms with Gasteiger partial charge in [-0.1, -0.05) is 6.92 Å². The molecule has 0 aromatic rings. The first-order chi connectivity index (χ1) is 8.48. The molecule has 0 aromatic carbocycles. The number of piperidine rings is 1. The number of likely N-dealkylation sites (tertiary alicyclic amines) is 1. The molecule has 1 fully saturated rings. The summed E-state index contributed by atoms with van der Waals surface area (Å²) in [7, 11) is -0.765. The molecule has 1 rings (SSSR count). The van der Waals surface area contributed by atoms with Crippen LogP contribution in [-0.4, -0.2) is 57.5 Å². The molecule has 0 saturated carbocycles. The molecule has 1 N–H and O–H groups in total. The number of hydrogen-bond donors (Lipinski definition) is 1. The lowest BCUT2D eigenvalue weighted by Crippen LogP contribution is -2.41. The SMILES string of the molecule is CCS(=O)(=O)CCCN1CCC(C(C)NC)CC1. The predicted octanol–water partition coefficient (Wildman–Crippen LogP) is 1.13. The Labute approximate surface area is 112 Å². The second-order valence-corrected chi connectivity index (χ2v) is 7.82. The molecular weight excluding hydrogens is 248 g/mol. The van der Waals surface area contributed by atoms with Gasteiger partial charge in [-0.05, 0) is 58.8 Å². The molecule has 1 heterocycles. The summed E-state index contributed by atoms with van der Waals surface area (Å²) < 4.78 is 22.8. The molecule has 1 atom stereocenters. The van der Waals surface area contributed by atoms with E-state index in [-0.39, 0.29) is 5.75 Å². The largest absolute Gasteiger partial charge is 0.317 e. The first-order valence-electron chi connectivity index (χ1n) is 7.08. The third-order valence-electron chi connectivity index (χ3n) is 4.16. The normalized spacial score (nSPS) is 21.1. The van der Waals surface area contributed by atoms with Crippen molar-refractivity contribution >= 4 is 9.84 Å². The van der Waals surface area contributed by atoms with Gasteiger partial charge in [0.1, 0.15) is 9.84 Å². The third-order valence-corrected chi connectivity index (χ3v) is 5.95. The van der Waals surface area contributed by atoms with E-state index in [0.29, 0.717) is 11.8 Å². The number of nitrogens with zero attached hydrogens (tertiary/aromatic N) is 1. The highest BCUT2D eigenvalue weighted by atomic mass is 32.2. The van der Waals surface area contributed by atoms with Crippen molar-refractivity contribution in [2.75, 3.05) is 38.2 Å². The highest BCUT2D eigenvalue weighted by Gasteiger charge is 2.22. The van der Waals surface area contributed by atoms with Crippen molar-refractivity contribution < 1.29 is 8.42 Å². The second-order valence-electron chi connectivity index (χ2n) is 5.35. The van der Waals surface area contributed by atoms with Gasteiger partial charge in [-0.25, -0.2) is 8.42 Å². The molecule has 18 heavy (non-hydrogen) atoms. The van der Waals surface area contributed by atoms with Crippen molar-refractivity contribution in [2.24, 2.45) is 5.92 Å². The Morgan fingerprint density at radius 3 is 2.44 bits per heavy atom. The summed E-state index contributed by atoms with van der Waals surface area (Å²) in [6.07, 6.45) is 3.23. The molecular formula is C13H28N2O2S. The van der Waals surface area contributed by atoms with Gasteiger partial charge in [-0.3, -0.25) is 0 Å². The number of rotatable bonds is 7. The van der Waals surface area contributed by atoms with E-state index in [1.54, 1.807) is 6.92 Å². The zero-order chi connectivity index (χ0) is 13.6. The van der Waals surface area contributed by atoms with Gasteiger partial charge in [-0.15, -0.1) is 0 Å².